The second-order valence-corrected chi connectivity index (χ2v) is 6.86. The van der Waals surface area contributed by atoms with E-state index in [1.807, 2.05) is 48.5 Å². The van der Waals surface area contributed by atoms with Crippen LogP contribution in [-0.2, 0) is 4.79 Å². The van der Waals surface area contributed by atoms with Crippen LogP contribution >= 0.6 is 11.5 Å². The van der Waals surface area contributed by atoms with Crippen LogP contribution in [0.2, 0.25) is 0 Å². The van der Waals surface area contributed by atoms with Crippen LogP contribution in [0.15, 0.2) is 48.5 Å². The van der Waals surface area contributed by atoms with E-state index in [4.69, 9.17) is 9.47 Å². The average Bonchev–Trinajstić information content (AvgIpc) is 3.11. The number of hydrogen-bond donors (Lipinski definition) is 1. The Labute approximate surface area is 155 Å². The summed E-state index contributed by atoms with van der Waals surface area (Å²) in [4.78, 5) is 13.4. The van der Waals surface area contributed by atoms with Gasteiger partial charge in [-0.1, -0.05) is 36.4 Å². The predicted molar refractivity (Wildman–Crippen MR) is 102 cm³/mol. The first-order chi connectivity index (χ1) is 12.7. The van der Waals surface area contributed by atoms with Crippen LogP contribution in [0, 0.1) is 0 Å². The van der Waals surface area contributed by atoms with Crippen LogP contribution in [0.4, 0.5) is 5.69 Å². The number of anilines is 1. The standard InChI is InChI=1S/C20H18N2O3S/c1-24-15-9-8-13(10-16(15)25-2)14-11-17(23)21-19-18(22-26-20(14)19)12-6-4-3-5-7-12/h3-10,14H,11H2,1-2H3,(H,21,23). The molecule has 0 spiro atoms. The van der Waals surface area contributed by atoms with Crippen molar-refractivity contribution in [2.24, 2.45) is 0 Å². The molecule has 1 amide bonds. The number of ether oxygens (including phenoxy) is 2. The third-order valence-corrected chi connectivity index (χ3v) is 5.51. The second-order valence-electron chi connectivity index (χ2n) is 6.06. The van der Waals surface area contributed by atoms with Gasteiger partial charge in [-0.05, 0) is 29.2 Å². The lowest BCUT2D eigenvalue weighted by molar-refractivity contribution is -0.116. The highest BCUT2D eigenvalue weighted by Gasteiger charge is 2.32. The zero-order valence-electron chi connectivity index (χ0n) is 14.5. The highest BCUT2D eigenvalue weighted by molar-refractivity contribution is 7.07. The van der Waals surface area contributed by atoms with Gasteiger partial charge in [-0.3, -0.25) is 4.79 Å². The fourth-order valence-corrected chi connectivity index (χ4v) is 4.23. The molecule has 0 fully saturated rings. The zero-order valence-corrected chi connectivity index (χ0v) is 15.3. The maximum absolute atomic E-state index is 12.4. The molecule has 1 aliphatic rings. The van der Waals surface area contributed by atoms with Gasteiger partial charge in [-0.15, -0.1) is 0 Å². The minimum atomic E-state index is -0.0477. The Balaban J connectivity index is 1.79. The molecule has 2 aromatic carbocycles. The number of aromatic nitrogens is 1. The van der Waals surface area contributed by atoms with Crippen molar-refractivity contribution in [2.45, 2.75) is 12.3 Å². The summed E-state index contributed by atoms with van der Waals surface area (Å²) < 4.78 is 15.4. The Hall–Kier alpha value is -2.86. The lowest BCUT2D eigenvalue weighted by Gasteiger charge is -2.23. The third kappa shape index (κ3) is 2.82. The van der Waals surface area contributed by atoms with Crippen molar-refractivity contribution < 1.29 is 14.3 Å². The lowest BCUT2D eigenvalue weighted by atomic mass is 9.89. The van der Waals surface area contributed by atoms with Crippen LogP contribution in [0.1, 0.15) is 22.8 Å². The molecule has 3 aromatic rings. The lowest BCUT2D eigenvalue weighted by Crippen LogP contribution is -2.22. The van der Waals surface area contributed by atoms with Crippen molar-refractivity contribution in [3.63, 3.8) is 0 Å². The van der Waals surface area contributed by atoms with Gasteiger partial charge in [0.2, 0.25) is 5.91 Å². The highest BCUT2D eigenvalue weighted by Crippen LogP contribution is 2.45. The van der Waals surface area contributed by atoms with Crippen molar-refractivity contribution >= 4 is 23.1 Å². The molecule has 1 aliphatic heterocycles. The van der Waals surface area contributed by atoms with E-state index in [2.05, 4.69) is 9.69 Å². The molecule has 1 atom stereocenters. The number of hydrogen-bond acceptors (Lipinski definition) is 5. The number of benzene rings is 2. The fourth-order valence-electron chi connectivity index (χ4n) is 3.26. The van der Waals surface area contributed by atoms with Crippen LogP contribution < -0.4 is 14.8 Å². The van der Waals surface area contributed by atoms with Crippen molar-refractivity contribution in [1.82, 2.24) is 4.37 Å². The predicted octanol–water partition coefficient (Wildman–Crippen LogP) is 4.30. The molecule has 4 rings (SSSR count). The van der Waals surface area contributed by atoms with Gasteiger partial charge in [0.1, 0.15) is 5.69 Å². The molecular weight excluding hydrogens is 348 g/mol. The first kappa shape index (κ1) is 16.6. The molecule has 1 unspecified atom stereocenters. The number of carbonyl (C=O) groups is 1. The number of rotatable bonds is 4. The molecule has 132 valence electrons. The summed E-state index contributed by atoms with van der Waals surface area (Å²) in [5.74, 6) is 1.28. The maximum Gasteiger partial charge on any atom is 0.225 e. The zero-order chi connectivity index (χ0) is 18.1. The Kier molecular flexibility index (Phi) is 4.34. The van der Waals surface area contributed by atoms with Gasteiger partial charge >= 0.3 is 0 Å². The molecule has 5 nitrogen and oxygen atoms in total. The second kappa shape index (κ2) is 6.80. The molecule has 1 N–H and O–H groups in total. The Morgan fingerprint density at radius 1 is 1.08 bits per heavy atom. The van der Waals surface area contributed by atoms with Crippen molar-refractivity contribution in [1.29, 1.82) is 0 Å². The summed E-state index contributed by atoms with van der Waals surface area (Å²) in [7, 11) is 3.22. The minimum absolute atomic E-state index is 0.00494. The molecule has 0 radical (unpaired) electrons. The maximum atomic E-state index is 12.4. The molecule has 26 heavy (non-hydrogen) atoms. The summed E-state index contributed by atoms with van der Waals surface area (Å²) in [5.41, 5.74) is 3.65. The summed E-state index contributed by atoms with van der Waals surface area (Å²) in [5, 5.41) is 3.01. The molecule has 0 saturated carbocycles. The average molecular weight is 366 g/mol. The summed E-state index contributed by atoms with van der Waals surface area (Å²) in [6.07, 6.45) is 0.388. The van der Waals surface area contributed by atoms with Crippen molar-refractivity contribution in [3.05, 3.63) is 59.0 Å². The summed E-state index contributed by atoms with van der Waals surface area (Å²) >= 11 is 1.44. The molecule has 0 aliphatic carbocycles. The van der Waals surface area contributed by atoms with E-state index in [1.54, 1.807) is 14.2 Å². The SMILES string of the molecule is COc1ccc(C2CC(=O)Nc3c(-c4ccccc4)nsc32)cc1OC. The number of nitrogens with one attached hydrogen (secondary N) is 1. The number of methoxy groups -OCH3 is 2. The van der Waals surface area contributed by atoms with Crippen molar-refractivity contribution in [3.8, 4) is 22.8 Å². The fraction of sp³-hybridized carbons (Fsp3) is 0.200. The quantitative estimate of drug-likeness (QED) is 0.748. The van der Waals surface area contributed by atoms with E-state index in [9.17, 15) is 4.79 Å². The van der Waals surface area contributed by atoms with Gasteiger partial charge in [0.05, 0.1) is 24.8 Å². The van der Waals surface area contributed by atoms with Crippen LogP contribution in [0.3, 0.4) is 0 Å². The van der Waals surface area contributed by atoms with Gasteiger partial charge in [-0.2, -0.15) is 4.37 Å². The molecular formula is C20H18N2O3S. The van der Waals surface area contributed by atoms with E-state index < -0.39 is 0 Å². The Morgan fingerprint density at radius 2 is 1.85 bits per heavy atom. The number of amides is 1. The van der Waals surface area contributed by atoms with Crippen LogP contribution in [-0.4, -0.2) is 24.5 Å². The minimum Gasteiger partial charge on any atom is -0.493 e. The first-order valence-corrected chi connectivity index (χ1v) is 9.05. The molecule has 1 aromatic heterocycles. The third-order valence-electron chi connectivity index (χ3n) is 4.55. The highest BCUT2D eigenvalue weighted by atomic mass is 32.1. The number of carbonyl (C=O) groups excluding carboxylic acids is 1. The van der Waals surface area contributed by atoms with E-state index in [0.29, 0.717) is 17.9 Å². The van der Waals surface area contributed by atoms with E-state index in [0.717, 1.165) is 27.4 Å². The van der Waals surface area contributed by atoms with Crippen molar-refractivity contribution in [2.75, 3.05) is 19.5 Å². The van der Waals surface area contributed by atoms with Gasteiger partial charge in [0.25, 0.3) is 0 Å². The van der Waals surface area contributed by atoms with Crippen LogP contribution in [0.5, 0.6) is 11.5 Å². The monoisotopic (exact) mass is 366 g/mol. The van der Waals surface area contributed by atoms with E-state index in [-0.39, 0.29) is 11.8 Å². The van der Waals surface area contributed by atoms with E-state index >= 15 is 0 Å². The summed E-state index contributed by atoms with van der Waals surface area (Å²) in [6.45, 7) is 0. The molecule has 2 heterocycles. The number of nitrogens with zero attached hydrogens (tertiary/aromatic N) is 1. The largest absolute Gasteiger partial charge is 0.493 e. The van der Waals surface area contributed by atoms with E-state index in [1.165, 1.54) is 11.5 Å². The molecule has 0 bridgehead atoms. The Morgan fingerprint density at radius 3 is 2.58 bits per heavy atom. The van der Waals surface area contributed by atoms with Gasteiger partial charge < -0.3 is 14.8 Å². The number of fused-ring (bicyclic) bond motifs is 1. The Bertz CT molecular complexity index is 953. The molecule has 6 heteroatoms. The first-order valence-electron chi connectivity index (χ1n) is 8.28. The van der Waals surface area contributed by atoms with Crippen LogP contribution in [0.25, 0.3) is 11.3 Å². The van der Waals surface area contributed by atoms with Gasteiger partial charge in [-0.25, -0.2) is 0 Å². The van der Waals surface area contributed by atoms with Gasteiger partial charge in [0, 0.05) is 17.9 Å². The topological polar surface area (TPSA) is 60.5 Å². The normalized spacial score (nSPS) is 15.9. The van der Waals surface area contributed by atoms with Gasteiger partial charge in [0.15, 0.2) is 11.5 Å². The summed E-state index contributed by atoms with van der Waals surface area (Å²) in [6, 6.07) is 15.7. The molecule has 0 saturated heterocycles. The smallest absolute Gasteiger partial charge is 0.225 e.